The quantitative estimate of drug-likeness (QED) is 0.458. The highest BCUT2D eigenvalue weighted by molar-refractivity contribution is 9.10. The number of hydrogen-bond donors (Lipinski definition) is 0. The molecule has 1 saturated heterocycles. The molecule has 1 aliphatic rings. The lowest BCUT2D eigenvalue weighted by atomic mass is 10.0. The second-order valence-electron chi connectivity index (χ2n) is 7.10. The summed E-state index contributed by atoms with van der Waals surface area (Å²) >= 11 is 2.62. The molecule has 0 spiro atoms. The van der Waals surface area contributed by atoms with Crippen molar-refractivity contribution < 1.29 is 35.9 Å². The Kier molecular flexibility index (Phi) is 5.73. The van der Waals surface area contributed by atoms with Crippen molar-refractivity contribution in [1.82, 2.24) is 14.3 Å². The highest BCUT2D eigenvalue weighted by atomic mass is 79.9. The van der Waals surface area contributed by atoms with Gasteiger partial charge in [0, 0.05) is 18.3 Å². The molecule has 0 bridgehead atoms. The minimum absolute atomic E-state index is 0.0107. The summed E-state index contributed by atoms with van der Waals surface area (Å²) in [6.07, 6.45) is -7.29. The summed E-state index contributed by atoms with van der Waals surface area (Å²) in [7, 11) is 0. The maximum atomic E-state index is 14.8. The first-order valence-electron chi connectivity index (χ1n) is 9.28. The predicted octanol–water partition coefficient (Wildman–Crippen LogP) is 4.35. The molecule has 0 N–H and O–H groups in total. The number of fused-ring (bicyclic) bond motifs is 1. The molecule has 174 valence electrons. The molecule has 1 fully saturated rings. The lowest BCUT2D eigenvalue weighted by Crippen LogP contribution is -2.49. The minimum atomic E-state index is -4.93. The first-order chi connectivity index (χ1) is 15.4. The van der Waals surface area contributed by atoms with Gasteiger partial charge in [-0.2, -0.15) is 22.0 Å². The van der Waals surface area contributed by atoms with Crippen LogP contribution in [-0.2, 0) is 10.9 Å². The molecular formula is C20H12BrF6N3O3. The van der Waals surface area contributed by atoms with Crippen molar-refractivity contribution in [2.24, 2.45) is 0 Å². The molecular weight excluding hydrogens is 524 g/mol. The number of ether oxygens (including phenoxy) is 1. The van der Waals surface area contributed by atoms with Crippen LogP contribution in [0.4, 0.5) is 26.3 Å². The molecule has 1 amide bonds. The summed E-state index contributed by atoms with van der Waals surface area (Å²) in [6, 6.07) is 5.81. The molecule has 13 heteroatoms. The first kappa shape index (κ1) is 23.2. The summed E-state index contributed by atoms with van der Waals surface area (Å²) in [5.74, 6) is -2.07. The topological polar surface area (TPSA) is 63.9 Å². The van der Waals surface area contributed by atoms with E-state index in [1.165, 1.54) is 24.4 Å². The number of amides is 1. The van der Waals surface area contributed by atoms with E-state index < -0.39 is 58.5 Å². The maximum absolute atomic E-state index is 14.8. The lowest BCUT2D eigenvalue weighted by Gasteiger charge is -2.32. The molecule has 3 heterocycles. The standard InChI is InChI=1S/C20H12BrF6N3O3/c21-14-15(20(25,26)27)28-16-11(2-1-5-30(16)18(14)32)10-3-4-12(13(22)8-10)17(31)29-6-7-33-19(23,24)9-29/h1-5,8H,6-7,9H2. The number of nitrogens with zero attached hydrogens (tertiary/aromatic N) is 3. The van der Waals surface area contributed by atoms with E-state index >= 15 is 0 Å². The Labute approximate surface area is 189 Å². The largest absolute Gasteiger partial charge is 0.434 e. The zero-order chi connectivity index (χ0) is 24.1. The molecule has 0 aliphatic carbocycles. The number of rotatable bonds is 2. The Morgan fingerprint density at radius 1 is 1.21 bits per heavy atom. The molecule has 0 radical (unpaired) electrons. The average Bonchev–Trinajstić information content (AvgIpc) is 2.73. The van der Waals surface area contributed by atoms with E-state index in [-0.39, 0.29) is 23.3 Å². The van der Waals surface area contributed by atoms with E-state index in [4.69, 9.17) is 0 Å². The third-order valence-electron chi connectivity index (χ3n) is 4.91. The molecule has 2 aromatic heterocycles. The summed E-state index contributed by atoms with van der Waals surface area (Å²) in [5, 5.41) is 0. The van der Waals surface area contributed by atoms with Gasteiger partial charge < -0.3 is 9.64 Å². The Hall–Kier alpha value is -2.93. The molecule has 0 atom stereocenters. The van der Waals surface area contributed by atoms with Crippen molar-refractivity contribution in [3.05, 3.63) is 68.4 Å². The summed E-state index contributed by atoms with van der Waals surface area (Å²) in [5.41, 5.74) is -3.33. The molecule has 33 heavy (non-hydrogen) atoms. The Balaban J connectivity index is 1.78. The van der Waals surface area contributed by atoms with Crippen LogP contribution in [0, 0.1) is 5.82 Å². The van der Waals surface area contributed by atoms with Crippen LogP contribution in [0.3, 0.4) is 0 Å². The van der Waals surface area contributed by atoms with Crippen LogP contribution in [0.2, 0.25) is 0 Å². The highest BCUT2D eigenvalue weighted by Crippen LogP contribution is 2.34. The fraction of sp³-hybridized carbons (Fsp3) is 0.250. The summed E-state index contributed by atoms with van der Waals surface area (Å²) < 4.78 is 85.9. The van der Waals surface area contributed by atoms with Gasteiger partial charge >= 0.3 is 12.3 Å². The average molecular weight is 536 g/mol. The van der Waals surface area contributed by atoms with Crippen LogP contribution >= 0.6 is 15.9 Å². The van der Waals surface area contributed by atoms with E-state index in [0.29, 0.717) is 0 Å². The van der Waals surface area contributed by atoms with Crippen molar-refractivity contribution in [2.75, 3.05) is 19.7 Å². The second kappa shape index (κ2) is 8.13. The molecule has 4 rings (SSSR count). The van der Waals surface area contributed by atoms with Crippen LogP contribution < -0.4 is 5.56 Å². The van der Waals surface area contributed by atoms with Crippen molar-refractivity contribution >= 4 is 27.5 Å². The van der Waals surface area contributed by atoms with E-state index in [0.717, 1.165) is 21.4 Å². The number of pyridine rings is 1. The summed E-state index contributed by atoms with van der Waals surface area (Å²) in [4.78, 5) is 29.2. The number of benzene rings is 1. The van der Waals surface area contributed by atoms with Gasteiger partial charge in [0.15, 0.2) is 5.69 Å². The van der Waals surface area contributed by atoms with Crippen LogP contribution in [0.1, 0.15) is 16.1 Å². The lowest BCUT2D eigenvalue weighted by molar-refractivity contribution is -0.263. The molecule has 0 saturated carbocycles. The molecule has 1 aromatic carbocycles. The Bertz CT molecular complexity index is 1320. The zero-order valence-corrected chi connectivity index (χ0v) is 17.9. The number of alkyl halides is 5. The van der Waals surface area contributed by atoms with Gasteiger partial charge in [0.25, 0.3) is 11.5 Å². The fourth-order valence-electron chi connectivity index (χ4n) is 3.41. The van der Waals surface area contributed by atoms with Crippen molar-refractivity contribution in [3.63, 3.8) is 0 Å². The van der Waals surface area contributed by atoms with Crippen LogP contribution in [0.25, 0.3) is 16.8 Å². The van der Waals surface area contributed by atoms with E-state index in [2.05, 4.69) is 25.7 Å². The van der Waals surface area contributed by atoms with Crippen LogP contribution in [-0.4, -0.2) is 46.0 Å². The number of morpholine rings is 1. The first-order valence-corrected chi connectivity index (χ1v) is 10.1. The molecule has 0 unspecified atom stereocenters. The fourth-order valence-corrected chi connectivity index (χ4v) is 3.91. The monoisotopic (exact) mass is 535 g/mol. The Morgan fingerprint density at radius 2 is 1.94 bits per heavy atom. The van der Waals surface area contributed by atoms with Gasteiger partial charge in [-0.05, 0) is 45.8 Å². The maximum Gasteiger partial charge on any atom is 0.434 e. The predicted molar refractivity (Wildman–Crippen MR) is 106 cm³/mol. The van der Waals surface area contributed by atoms with Gasteiger partial charge in [-0.1, -0.05) is 6.07 Å². The normalized spacial score (nSPS) is 16.3. The third kappa shape index (κ3) is 4.34. The number of aromatic nitrogens is 2. The number of hydrogen-bond acceptors (Lipinski definition) is 4. The second-order valence-corrected chi connectivity index (χ2v) is 7.89. The number of carbonyl (C=O) groups excluding carboxylic acids is 1. The number of carbonyl (C=O) groups is 1. The summed E-state index contributed by atoms with van der Waals surface area (Å²) in [6.45, 7) is -1.63. The highest BCUT2D eigenvalue weighted by Gasteiger charge is 2.39. The van der Waals surface area contributed by atoms with Crippen molar-refractivity contribution in [3.8, 4) is 11.1 Å². The van der Waals surface area contributed by atoms with E-state index in [1.54, 1.807) is 0 Å². The van der Waals surface area contributed by atoms with Crippen LogP contribution in [0.15, 0.2) is 45.8 Å². The van der Waals surface area contributed by atoms with Gasteiger partial charge in [0.05, 0.1) is 12.2 Å². The van der Waals surface area contributed by atoms with Gasteiger partial charge in [-0.25, -0.2) is 9.37 Å². The number of halogens is 7. The van der Waals surface area contributed by atoms with E-state index in [1.807, 2.05) is 0 Å². The third-order valence-corrected chi connectivity index (χ3v) is 5.63. The zero-order valence-electron chi connectivity index (χ0n) is 16.3. The van der Waals surface area contributed by atoms with Crippen LogP contribution in [0.5, 0.6) is 0 Å². The SMILES string of the molecule is O=C(c1ccc(-c2cccn3c(=O)c(Br)c(C(F)(F)F)nc23)cc1F)N1CCOC(F)(F)C1. The molecule has 3 aromatic rings. The van der Waals surface area contributed by atoms with Crippen molar-refractivity contribution in [1.29, 1.82) is 0 Å². The van der Waals surface area contributed by atoms with E-state index in [9.17, 15) is 35.9 Å². The Morgan fingerprint density at radius 3 is 2.58 bits per heavy atom. The molecule has 1 aliphatic heterocycles. The van der Waals surface area contributed by atoms with Gasteiger partial charge in [-0.15, -0.1) is 0 Å². The van der Waals surface area contributed by atoms with Gasteiger partial charge in [0.2, 0.25) is 0 Å². The molecule has 6 nitrogen and oxygen atoms in total. The minimum Gasteiger partial charge on any atom is -0.327 e. The van der Waals surface area contributed by atoms with Gasteiger partial charge in [0.1, 0.15) is 22.5 Å². The van der Waals surface area contributed by atoms with Crippen molar-refractivity contribution in [2.45, 2.75) is 12.3 Å². The smallest absolute Gasteiger partial charge is 0.327 e. The van der Waals surface area contributed by atoms with Gasteiger partial charge in [-0.3, -0.25) is 14.0 Å².